The van der Waals surface area contributed by atoms with E-state index in [4.69, 9.17) is 10.5 Å². The lowest BCUT2D eigenvalue weighted by molar-refractivity contribution is -0.386. The van der Waals surface area contributed by atoms with Crippen LogP contribution in [0.2, 0.25) is 0 Å². The fourth-order valence-corrected chi connectivity index (χ4v) is 2.84. The number of amides is 1. The predicted molar refractivity (Wildman–Crippen MR) is 78.4 cm³/mol. The molecule has 2 N–H and O–H groups in total. The molecule has 0 aliphatic carbocycles. The highest BCUT2D eigenvalue weighted by molar-refractivity contribution is 5.74. The van der Waals surface area contributed by atoms with Crippen LogP contribution in [0.5, 0.6) is 5.75 Å². The van der Waals surface area contributed by atoms with E-state index in [0.29, 0.717) is 13.1 Å². The van der Waals surface area contributed by atoms with Gasteiger partial charge in [0.25, 0.3) is 0 Å². The topological polar surface area (TPSA) is 98.7 Å². The molecule has 2 rings (SSSR count). The van der Waals surface area contributed by atoms with Gasteiger partial charge in [-0.05, 0) is 18.8 Å². The number of halogens is 1. The van der Waals surface area contributed by atoms with E-state index in [1.165, 1.54) is 13.2 Å². The van der Waals surface area contributed by atoms with Gasteiger partial charge in [0, 0.05) is 31.6 Å². The molecule has 1 aromatic carbocycles. The van der Waals surface area contributed by atoms with Crippen molar-refractivity contribution in [2.24, 2.45) is 11.7 Å². The molecule has 8 heteroatoms. The number of carbonyl (C=O) groups excluding carboxylic acids is 1. The highest BCUT2D eigenvalue weighted by atomic mass is 19.1. The zero-order valence-electron chi connectivity index (χ0n) is 12.3. The number of piperidine rings is 1. The Bertz CT molecular complexity index is 594. The minimum Gasteiger partial charge on any atom is -0.497 e. The molecule has 1 aliphatic heterocycles. The number of hydrogen-bond donors (Lipinski definition) is 1. The maximum atomic E-state index is 14.0. The van der Waals surface area contributed by atoms with Crippen LogP contribution in [0.3, 0.4) is 0 Å². The number of anilines is 1. The average molecular weight is 311 g/mol. The maximum absolute atomic E-state index is 14.0. The van der Waals surface area contributed by atoms with Gasteiger partial charge in [0.15, 0.2) is 0 Å². The third-order valence-electron chi connectivity index (χ3n) is 3.78. The summed E-state index contributed by atoms with van der Waals surface area (Å²) in [5.41, 5.74) is 4.82. The minimum atomic E-state index is -0.934. The number of ether oxygens (including phenoxy) is 1. The van der Waals surface area contributed by atoms with Gasteiger partial charge in [-0.2, -0.15) is 4.39 Å². The van der Waals surface area contributed by atoms with Crippen molar-refractivity contribution in [1.82, 2.24) is 0 Å². The van der Waals surface area contributed by atoms with Crippen LogP contribution < -0.4 is 15.4 Å². The van der Waals surface area contributed by atoms with Gasteiger partial charge in [-0.25, -0.2) is 0 Å². The SMILES string of the molecule is COc1cc(F)c([N+](=O)[O-])c(N2CCCC(CC(N)=O)C2)c1. The van der Waals surface area contributed by atoms with Crippen LogP contribution in [0, 0.1) is 21.8 Å². The summed E-state index contributed by atoms with van der Waals surface area (Å²) in [5, 5.41) is 11.2. The first-order valence-electron chi connectivity index (χ1n) is 6.97. The molecule has 1 aliphatic rings. The Morgan fingerprint density at radius 1 is 1.59 bits per heavy atom. The number of nitrogens with two attached hydrogens (primary N) is 1. The Morgan fingerprint density at radius 2 is 2.32 bits per heavy atom. The summed E-state index contributed by atoms with van der Waals surface area (Å²) < 4.78 is 19.0. The summed E-state index contributed by atoms with van der Waals surface area (Å²) in [6, 6.07) is 2.44. The number of carbonyl (C=O) groups is 1. The second-order valence-electron chi connectivity index (χ2n) is 5.36. The van der Waals surface area contributed by atoms with E-state index in [1.54, 1.807) is 4.90 Å². The lowest BCUT2D eigenvalue weighted by Crippen LogP contribution is -2.37. The van der Waals surface area contributed by atoms with Crippen molar-refractivity contribution in [2.75, 3.05) is 25.1 Å². The Balaban J connectivity index is 2.35. The third-order valence-corrected chi connectivity index (χ3v) is 3.78. The number of methoxy groups -OCH3 is 1. The van der Waals surface area contributed by atoms with E-state index in [2.05, 4.69) is 0 Å². The van der Waals surface area contributed by atoms with Gasteiger partial charge in [-0.15, -0.1) is 0 Å². The van der Waals surface area contributed by atoms with Crippen molar-refractivity contribution in [2.45, 2.75) is 19.3 Å². The third kappa shape index (κ3) is 3.44. The van der Waals surface area contributed by atoms with Gasteiger partial charge in [-0.3, -0.25) is 14.9 Å². The Labute approximate surface area is 127 Å². The van der Waals surface area contributed by atoms with E-state index in [1.807, 2.05) is 0 Å². The van der Waals surface area contributed by atoms with Gasteiger partial charge in [-0.1, -0.05) is 0 Å². The first kappa shape index (κ1) is 16.0. The van der Waals surface area contributed by atoms with Crippen molar-refractivity contribution in [1.29, 1.82) is 0 Å². The molecule has 0 saturated carbocycles. The van der Waals surface area contributed by atoms with Crippen molar-refractivity contribution in [3.63, 3.8) is 0 Å². The first-order valence-corrected chi connectivity index (χ1v) is 6.97. The summed E-state index contributed by atoms with van der Waals surface area (Å²) in [4.78, 5) is 23.2. The van der Waals surface area contributed by atoms with Crippen LogP contribution in [-0.4, -0.2) is 31.0 Å². The zero-order chi connectivity index (χ0) is 16.3. The van der Waals surface area contributed by atoms with E-state index in [9.17, 15) is 19.3 Å². The normalized spacial score (nSPS) is 18.1. The van der Waals surface area contributed by atoms with Gasteiger partial charge in [0.05, 0.1) is 12.0 Å². The summed E-state index contributed by atoms with van der Waals surface area (Å²) in [6.45, 7) is 0.985. The Hall–Kier alpha value is -2.38. The van der Waals surface area contributed by atoms with Gasteiger partial charge < -0.3 is 15.4 Å². The van der Waals surface area contributed by atoms with E-state index in [0.717, 1.165) is 18.9 Å². The van der Waals surface area contributed by atoms with E-state index >= 15 is 0 Å². The summed E-state index contributed by atoms with van der Waals surface area (Å²) in [6.07, 6.45) is 1.80. The van der Waals surface area contributed by atoms with Crippen LogP contribution in [-0.2, 0) is 4.79 Å². The van der Waals surface area contributed by atoms with Crippen molar-refractivity contribution < 1.29 is 18.8 Å². The Morgan fingerprint density at radius 3 is 2.91 bits per heavy atom. The number of hydrogen-bond acceptors (Lipinski definition) is 5. The van der Waals surface area contributed by atoms with Gasteiger partial charge in [0.2, 0.25) is 11.7 Å². The number of nitrogens with zero attached hydrogens (tertiary/aromatic N) is 2. The molecule has 0 aromatic heterocycles. The molecule has 1 saturated heterocycles. The molecule has 1 atom stereocenters. The highest BCUT2D eigenvalue weighted by Crippen LogP contribution is 2.37. The number of benzene rings is 1. The fraction of sp³-hybridized carbons (Fsp3) is 0.500. The molecule has 1 fully saturated rings. The lowest BCUT2D eigenvalue weighted by atomic mass is 9.94. The largest absolute Gasteiger partial charge is 0.497 e. The van der Waals surface area contributed by atoms with E-state index < -0.39 is 22.3 Å². The molecule has 1 unspecified atom stereocenters. The molecule has 1 aromatic rings. The quantitative estimate of drug-likeness (QED) is 0.660. The summed E-state index contributed by atoms with van der Waals surface area (Å²) >= 11 is 0. The molecule has 0 spiro atoms. The van der Waals surface area contributed by atoms with Crippen molar-refractivity contribution in [3.8, 4) is 5.75 Å². The molecule has 120 valence electrons. The van der Waals surface area contributed by atoms with Crippen LogP contribution >= 0.6 is 0 Å². The lowest BCUT2D eigenvalue weighted by Gasteiger charge is -2.33. The summed E-state index contributed by atoms with van der Waals surface area (Å²) in [5.74, 6) is -1.11. The van der Waals surface area contributed by atoms with Crippen LogP contribution in [0.25, 0.3) is 0 Å². The number of rotatable bonds is 5. The van der Waals surface area contributed by atoms with Crippen molar-refractivity contribution in [3.05, 3.63) is 28.1 Å². The number of primary amides is 1. The standard InChI is InChI=1S/C14H18FN3O4/c1-22-10-6-11(15)14(18(20)21)12(7-10)17-4-2-3-9(8-17)5-13(16)19/h6-7,9H,2-5,8H2,1H3,(H2,16,19). The zero-order valence-corrected chi connectivity index (χ0v) is 12.3. The second kappa shape index (κ2) is 6.59. The number of nitro groups is 1. The van der Waals surface area contributed by atoms with Gasteiger partial charge >= 0.3 is 5.69 Å². The summed E-state index contributed by atoms with van der Waals surface area (Å²) in [7, 11) is 1.37. The molecule has 0 bridgehead atoms. The van der Waals surface area contributed by atoms with Crippen LogP contribution in [0.1, 0.15) is 19.3 Å². The first-order chi connectivity index (χ1) is 10.4. The molecule has 1 amide bonds. The molecular formula is C14H18FN3O4. The molecule has 22 heavy (non-hydrogen) atoms. The predicted octanol–water partition coefficient (Wildman–Crippen LogP) is 1.83. The molecule has 7 nitrogen and oxygen atoms in total. The molecule has 1 heterocycles. The van der Waals surface area contributed by atoms with E-state index in [-0.39, 0.29) is 23.8 Å². The maximum Gasteiger partial charge on any atom is 0.328 e. The average Bonchev–Trinajstić information content (AvgIpc) is 2.45. The van der Waals surface area contributed by atoms with Crippen molar-refractivity contribution >= 4 is 17.3 Å². The minimum absolute atomic E-state index is 0.0140. The Kier molecular flexibility index (Phi) is 4.79. The molecule has 0 radical (unpaired) electrons. The monoisotopic (exact) mass is 311 g/mol. The molecular weight excluding hydrogens is 293 g/mol. The van der Waals surface area contributed by atoms with Crippen LogP contribution in [0.4, 0.5) is 15.8 Å². The number of nitro benzene ring substituents is 1. The van der Waals surface area contributed by atoms with Crippen LogP contribution in [0.15, 0.2) is 12.1 Å². The second-order valence-corrected chi connectivity index (χ2v) is 5.36. The fourth-order valence-electron chi connectivity index (χ4n) is 2.84. The highest BCUT2D eigenvalue weighted by Gasteiger charge is 2.30. The smallest absolute Gasteiger partial charge is 0.328 e. The van der Waals surface area contributed by atoms with Gasteiger partial charge in [0.1, 0.15) is 11.4 Å².